The number of rotatable bonds is 1. The quantitative estimate of drug-likeness (QED) is 0.517. The molecule has 0 aromatic carbocycles. The van der Waals surface area contributed by atoms with Crippen LogP contribution in [0.25, 0.3) is 0 Å². The second-order valence-electron chi connectivity index (χ2n) is 4.34. The summed E-state index contributed by atoms with van der Waals surface area (Å²) in [7, 11) is 0. The smallest absolute Gasteiger partial charge is 0.0167 e. The van der Waals surface area contributed by atoms with E-state index in [0.29, 0.717) is 0 Å². The van der Waals surface area contributed by atoms with E-state index in [4.69, 9.17) is 0 Å². The van der Waals surface area contributed by atoms with Crippen LogP contribution in [0.4, 0.5) is 0 Å². The molecule has 0 nitrogen and oxygen atoms in total. The van der Waals surface area contributed by atoms with E-state index < -0.39 is 0 Å². The maximum atomic E-state index is 2.44. The van der Waals surface area contributed by atoms with Crippen molar-refractivity contribution < 1.29 is 0 Å². The molecule has 66 valence electrons. The highest BCUT2D eigenvalue weighted by Crippen LogP contribution is 2.34. The lowest BCUT2D eigenvalue weighted by Crippen LogP contribution is -2.15. The van der Waals surface area contributed by atoms with Gasteiger partial charge < -0.3 is 0 Å². The van der Waals surface area contributed by atoms with Gasteiger partial charge >= 0.3 is 0 Å². The van der Waals surface area contributed by atoms with E-state index in [0.717, 1.165) is 17.8 Å². The molecule has 3 atom stereocenters. The van der Waals surface area contributed by atoms with Gasteiger partial charge in [0, 0.05) is 0 Å². The fraction of sp³-hybridized carbons (Fsp3) is 0.667. The Hall–Kier alpha value is -0.520. The van der Waals surface area contributed by atoms with Crippen molar-refractivity contribution in [2.75, 3.05) is 0 Å². The molecule has 2 rings (SSSR count). The van der Waals surface area contributed by atoms with Crippen molar-refractivity contribution in [3.8, 4) is 0 Å². The number of allylic oxidation sites excluding steroid dienone is 4. The zero-order chi connectivity index (χ0) is 8.39. The minimum Gasteiger partial charge on any atom is -0.0882 e. The summed E-state index contributed by atoms with van der Waals surface area (Å²) in [6.07, 6.45) is 15.0. The lowest BCUT2D eigenvalue weighted by atomic mass is 9.80. The van der Waals surface area contributed by atoms with Gasteiger partial charge in [-0.3, -0.25) is 0 Å². The van der Waals surface area contributed by atoms with Crippen molar-refractivity contribution in [3.63, 3.8) is 0 Å². The number of hydrogen-bond acceptors (Lipinski definition) is 0. The highest BCUT2D eigenvalue weighted by molar-refractivity contribution is 5.06. The Morgan fingerprint density at radius 1 is 1.08 bits per heavy atom. The second kappa shape index (κ2) is 3.47. The first-order valence-corrected chi connectivity index (χ1v) is 5.19. The highest BCUT2D eigenvalue weighted by atomic mass is 14.3. The van der Waals surface area contributed by atoms with E-state index in [1.165, 1.54) is 25.7 Å². The van der Waals surface area contributed by atoms with Gasteiger partial charge in [0.25, 0.3) is 0 Å². The lowest BCUT2D eigenvalue weighted by Gasteiger charge is -2.25. The molecule has 0 aromatic heterocycles. The zero-order valence-corrected chi connectivity index (χ0v) is 7.87. The topological polar surface area (TPSA) is 0 Å². The molecule has 0 heteroatoms. The molecule has 12 heavy (non-hydrogen) atoms. The van der Waals surface area contributed by atoms with Crippen LogP contribution >= 0.6 is 0 Å². The molecule has 0 bridgehead atoms. The molecule has 0 saturated heterocycles. The van der Waals surface area contributed by atoms with E-state index in [1.54, 1.807) is 0 Å². The van der Waals surface area contributed by atoms with Crippen molar-refractivity contribution in [1.82, 2.24) is 0 Å². The first-order valence-electron chi connectivity index (χ1n) is 5.19. The Kier molecular flexibility index (Phi) is 2.34. The maximum absolute atomic E-state index is 2.44. The summed E-state index contributed by atoms with van der Waals surface area (Å²) < 4.78 is 0. The molecule has 0 N–H and O–H groups in total. The minimum absolute atomic E-state index is 0.854. The average molecular weight is 162 g/mol. The van der Waals surface area contributed by atoms with E-state index in [2.05, 4.69) is 31.2 Å². The van der Waals surface area contributed by atoms with Crippen LogP contribution in [-0.4, -0.2) is 0 Å². The third-order valence-electron chi connectivity index (χ3n) is 3.20. The molecule has 0 radical (unpaired) electrons. The van der Waals surface area contributed by atoms with Gasteiger partial charge in [-0.25, -0.2) is 0 Å². The van der Waals surface area contributed by atoms with Crippen LogP contribution in [0.2, 0.25) is 0 Å². The van der Waals surface area contributed by atoms with Gasteiger partial charge in [0.15, 0.2) is 0 Å². The summed E-state index contributed by atoms with van der Waals surface area (Å²) in [6.45, 7) is 2.37. The molecule has 0 aliphatic heterocycles. The van der Waals surface area contributed by atoms with Gasteiger partial charge in [0.1, 0.15) is 0 Å². The molecule has 2 aliphatic carbocycles. The normalized spacial score (nSPS) is 40.6. The van der Waals surface area contributed by atoms with Crippen LogP contribution in [0.1, 0.15) is 32.6 Å². The average Bonchev–Trinajstić information content (AvgIpc) is 2.56. The molecule has 0 fully saturated rings. The van der Waals surface area contributed by atoms with Crippen LogP contribution < -0.4 is 0 Å². The minimum atomic E-state index is 0.854. The third-order valence-corrected chi connectivity index (χ3v) is 3.20. The third kappa shape index (κ3) is 1.63. The lowest BCUT2D eigenvalue weighted by molar-refractivity contribution is 0.353. The van der Waals surface area contributed by atoms with Crippen molar-refractivity contribution in [3.05, 3.63) is 24.3 Å². The predicted octanol–water partition coefficient (Wildman–Crippen LogP) is 3.55. The van der Waals surface area contributed by atoms with E-state index >= 15 is 0 Å². The Balaban J connectivity index is 1.98. The fourth-order valence-corrected chi connectivity index (χ4v) is 2.46. The molecule has 2 aliphatic rings. The Morgan fingerprint density at radius 3 is 2.58 bits per heavy atom. The van der Waals surface area contributed by atoms with Gasteiger partial charge in [-0.2, -0.15) is 0 Å². The monoisotopic (exact) mass is 162 g/mol. The zero-order valence-electron chi connectivity index (χ0n) is 7.87. The van der Waals surface area contributed by atoms with E-state index in [9.17, 15) is 0 Å². The summed E-state index contributed by atoms with van der Waals surface area (Å²) in [4.78, 5) is 0. The predicted molar refractivity (Wildman–Crippen MR) is 52.9 cm³/mol. The Morgan fingerprint density at radius 2 is 1.92 bits per heavy atom. The summed E-state index contributed by atoms with van der Waals surface area (Å²) in [6, 6.07) is 0. The SMILES string of the molecule is CC1CC=CC(C2C=CCC2)C1. The van der Waals surface area contributed by atoms with Gasteiger partial charge in [0.2, 0.25) is 0 Å². The molecule has 3 unspecified atom stereocenters. The summed E-state index contributed by atoms with van der Waals surface area (Å²) in [5, 5.41) is 0. The summed E-state index contributed by atoms with van der Waals surface area (Å²) >= 11 is 0. The molecule has 0 saturated carbocycles. The fourth-order valence-electron chi connectivity index (χ4n) is 2.46. The van der Waals surface area contributed by atoms with Gasteiger partial charge in [-0.05, 0) is 43.4 Å². The largest absolute Gasteiger partial charge is 0.0882 e. The molecule has 0 aromatic rings. The van der Waals surface area contributed by atoms with Crippen LogP contribution in [0.5, 0.6) is 0 Å². The number of hydrogen-bond donors (Lipinski definition) is 0. The van der Waals surface area contributed by atoms with Crippen molar-refractivity contribution >= 4 is 0 Å². The molecule has 0 spiro atoms. The second-order valence-corrected chi connectivity index (χ2v) is 4.34. The highest BCUT2D eigenvalue weighted by Gasteiger charge is 2.22. The van der Waals surface area contributed by atoms with Crippen LogP contribution in [-0.2, 0) is 0 Å². The summed E-state index contributed by atoms with van der Waals surface area (Å²) in [5.74, 6) is 2.63. The Bertz CT molecular complexity index is 200. The van der Waals surface area contributed by atoms with Crippen molar-refractivity contribution in [2.24, 2.45) is 17.8 Å². The summed E-state index contributed by atoms with van der Waals surface area (Å²) in [5.41, 5.74) is 0. The first-order chi connectivity index (χ1) is 5.86. The van der Waals surface area contributed by atoms with Gasteiger partial charge in [-0.1, -0.05) is 31.2 Å². The maximum Gasteiger partial charge on any atom is -0.0167 e. The van der Waals surface area contributed by atoms with Crippen molar-refractivity contribution in [2.45, 2.75) is 32.6 Å². The molecular formula is C12H18. The van der Waals surface area contributed by atoms with E-state index in [1.807, 2.05) is 0 Å². The molecule has 0 amide bonds. The van der Waals surface area contributed by atoms with Crippen LogP contribution in [0.15, 0.2) is 24.3 Å². The van der Waals surface area contributed by atoms with E-state index in [-0.39, 0.29) is 0 Å². The van der Waals surface area contributed by atoms with Crippen LogP contribution in [0.3, 0.4) is 0 Å². The van der Waals surface area contributed by atoms with Crippen LogP contribution in [0, 0.1) is 17.8 Å². The first kappa shape index (κ1) is 8.10. The van der Waals surface area contributed by atoms with Crippen molar-refractivity contribution in [1.29, 1.82) is 0 Å². The molecule has 0 heterocycles. The van der Waals surface area contributed by atoms with Gasteiger partial charge in [-0.15, -0.1) is 0 Å². The standard InChI is InChI=1S/C12H18/c1-10-5-4-8-12(9-10)11-6-2-3-7-11/h2,4,6,8,10-12H,3,5,7,9H2,1H3. The Labute approximate surface area is 75.4 Å². The van der Waals surface area contributed by atoms with Gasteiger partial charge in [0.05, 0.1) is 0 Å². The molecular weight excluding hydrogens is 144 g/mol.